The number of rotatable bonds is 5. The van der Waals surface area contributed by atoms with Crippen LogP contribution in [0.15, 0.2) is 5.38 Å². The number of amides is 1. The maximum atomic E-state index is 12.2. The lowest BCUT2D eigenvalue weighted by Gasteiger charge is -2.14. The lowest BCUT2D eigenvalue weighted by Crippen LogP contribution is -2.30. The van der Waals surface area contributed by atoms with E-state index in [1.807, 2.05) is 0 Å². The number of thiazole rings is 1. The van der Waals surface area contributed by atoms with Gasteiger partial charge in [-0.2, -0.15) is 0 Å². The van der Waals surface area contributed by atoms with Crippen molar-refractivity contribution in [3.8, 4) is 0 Å². The molecule has 1 aromatic heterocycles. The van der Waals surface area contributed by atoms with Crippen LogP contribution in [0, 0.1) is 0 Å². The van der Waals surface area contributed by atoms with Crippen molar-refractivity contribution in [3.05, 3.63) is 16.1 Å². The summed E-state index contributed by atoms with van der Waals surface area (Å²) >= 11 is 3.50. The van der Waals surface area contributed by atoms with Gasteiger partial charge in [0.25, 0.3) is 0 Å². The summed E-state index contributed by atoms with van der Waals surface area (Å²) in [5, 5.41) is 3.50. The highest BCUT2D eigenvalue weighted by Crippen LogP contribution is 2.35. The van der Waals surface area contributed by atoms with Crippen molar-refractivity contribution >= 4 is 29.0 Å². The highest BCUT2D eigenvalue weighted by atomic mass is 32.2. The molecule has 1 aliphatic heterocycles. The summed E-state index contributed by atoms with van der Waals surface area (Å²) in [6.07, 6.45) is 4.46. The van der Waals surface area contributed by atoms with E-state index in [1.54, 1.807) is 23.1 Å². The minimum atomic E-state index is 0.178. The molecule has 2 aliphatic rings. The summed E-state index contributed by atoms with van der Waals surface area (Å²) in [5.74, 6) is 1.25. The van der Waals surface area contributed by atoms with Crippen LogP contribution in [0.4, 0.5) is 0 Å². The smallest absolute Gasteiger partial charge is 0.236 e. The SMILES string of the molecule is CCc1nc(CS[C@H]2CCN(C3CC3)C2=O)cs1. The van der Waals surface area contributed by atoms with Crippen LogP contribution in [0.5, 0.6) is 0 Å². The van der Waals surface area contributed by atoms with E-state index in [0.29, 0.717) is 11.9 Å². The Morgan fingerprint density at radius 2 is 2.33 bits per heavy atom. The average molecular weight is 282 g/mol. The van der Waals surface area contributed by atoms with Gasteiger partial charge in [-0.3, -0.25) is 4.79 Å². The quantitative estimate of drug-likeness (QED) is 0.832. The number of hydrogen-bond donors (Lipinski definition) is 0. The van der Waals surface area contributed by atoms with Gasteiger partial charge in [-0.1, -0.05) is 6.92 Å². The maximum Gasteiger partial charge on any atom is 0.236 e. The molecule has 0 radical (unpaired) electrons. The summed E-state index contributed by atoms with van der Waals surface area (Å²) in [6.45, 7) is 3.10. The molecule has 1 amide bonds. The van der Waals surface area contributed by atoms with Crippen LogP contribution in [-0.4, -0.2) is 33.6 Å². The van der Waals surface area contributed by atoms with Crippen LogP contribution in [0.1, 0.15) is 36.9 Å². The number of aromatic nitrogens is 1. The van der Waals surface area contributed by atoms with Gasteiger partial charge in [0.05, 0.1) is 16.0 Å². The fraction of sp³-hybridized carbons (Fsp3) is 0.692. The summed E-state index contributed by atoms with van der Waals surface area (Å²) in [4.78, 5) is 18.8. The molecular weight excluding hydrogens is 264 g/mol. The van der Waals surface area contributed by atoms with E-state index in [4.69, 9.17) is 0 Å². The molecule has 1 aliphatic carbocycles. The Labute approximate surface area is 116 Å². The molecular formula is C13H18N2OS2. The third kappa shape index (κ3) is 2.57. The third-order valence-corrected chi connectivity index (χ3v) is 5.86. The van der Waals surface area contributed by atoms with Crippen molar-refractivity contribution in [1.29, 1.82) is 0 Å². The minimum Gasteiger partial charge on any atom is -0.339 e. The van der Waals surface area contributed by atoms with Gasteiger partial charge >= 0.3 is 0 Å². The Kier molecular flexibility index (Phi) is 3.61. The van der Waals surface area contributed by atoms with Gasteiger partial charge in [-0.15, -0.1) is 23.1 Å². The highest BCUT2D eigenvalue weighted by Gasteiger charge is 2.40. The maximum absolute atomic E-state index is 12.2. The topological polar surface area (TPSA) is 33.2 Å². The molecule has 0 unspecified atom stereocenters. The van der Waals surface area contributed by atoms with Gasteiger partial charge in [-0.25, -0.2) is 4.98 Å². The second kappa shape index (κ2) is 5.21. The van der Waals surface area contributed by atoms with Gasteiger partial charge in [-0.05, 0) is 25.7 Å². The van der Waals surface area contributed by atoms with E-state index in [1.165, 1.54) is 17.8 Å². The molecule has 1 aromatic rings. The van der Waals surface area contributed by atoms with Crippen molar-refractivity contribution in [3.63, 3.8) is 0 Å². The Morgan fingerprint density at radius 1 is 1.50 bits per heavy atom. The Morgan fingerprint density at radius 3 is 3.00 bits per heavy atom. The largest absolute Gasteiger partial charge is 0.339 e. The molecule has 3 rings (SSSR count). The zero-order valence-corrected chi connectivity index (χ0v) is 12.2. The van der Waals surface area contributed by atoms with Crippen molar-refractivity contribution < 1.29 is 4.79 Å². The van der Waals surface area contributed by atoms with Gasteiger partial charge in [0, 0.05) is 23.7 Å². The lowest BCUT2D eigenvalue weighted by molar-refractivity contribution is -0.127. The molecule has 2 heterocycles. The zero-order valence-electron chi connectivity index (χ0n) is 10.6. The van der Waals surface area contributed by atoms with E-state index in [-0.39, 0.29) is 5.25 Å². The first-order valence-electron chi connectivity index (χ1n) is 6.63. The first-order valence-corrected chi connectivity index (χ1v) is 8.56. The molecule has 5 heteroatoms. The zero-order chi connectivity index (χ0) is 12.5. The normalized spacial score (nSPS) is 23.9. The van der Waals surface area contributed by atoms with Crippen molar-refractivity contribution in [1.82, 2.24) is 9.88 Å². The number of thioether (sulfide) groups is 1. The number of nitrogens with zero attached hydrogens (tertiary/aromatic N) is 2. The Balaban J connectivity index is 1.52. The Hall–Kier alpha value is -0.550. The molecule has 1 atom stereocenters. The molecule has 1 saturated heterocycles. The minimum absolute atomic E-state index is 0.178. The lowest BCUT2D eigenvalue weighted by atomic mass is 10.4. The number of carbonyl (C=O) groups excluding carboxylic acids is 1. The average Bonchev–Trinajstić information content (AvgIpc) is 3.00. The number of aryl methyl sites for hydroxylation is 1. The summed E-state index contributed by atoms with van der Waals surface area (Å²) in [7, 11) is 0. The number of likely N-dealkylation sites (tertiary alicyclic amines) is 1. The Bertz CT molecular complexity index is 442. The van der Waals surface area contributed by atoms with Gasteiger partial charge in [0.2, 0.25) is 5.91 Å². The monoisotopic (exact) mass is 282 g/mol. The summed E-state index contributed by atoms with van der Waals surface area (Å²) < 4.78 is 0. The molecule has 0 bridgehead atoms. The second-order valence-corrected chi connectivity index (χ2v) is 7.07. The fourth-order valence-electron chi connectivity index (χ4n) is 2.34. The molecule has 98 valence electrons. The third-order valence-electron chi connectivity index (χ3n) is 3.51. The molecule has 2 fully saturated rings. The summed E-state index contributed by atoms with van der Waals surface area (Å²) in [5.41, 5.74) is 1.14. The highest BCUT2D eigenvalue weighted by molar-refractivity contribution is 7.99. The van der Waals surface area contributed by atoms with E-state index < -0.39 is 0 Å². The molecule has 3 nitrogen and oxygen atoms in total. The van der Waals surface area contributed by atoms with Crippen LogP contribution in [-0.2, 0) is 17.0 Å². The van der Waals surface area contributed by atoms with E-state index >= 15 is 0 Å². The first kappa shape index (κ1) is 12.5. The van der Waals surface area contributed by atoms with Gasteiger partial charge < -0.3 is 4.90 Å². The molecule has 0 aromatic carbocycles. The van der Waals surface area contributed by atoms with Crippen molar-refractivity contribution in [2.45, 2.75) is 49.7 Å². The number of carbonyl (C=O) groups is 1. The predicted octanol–water partition coefficient (Wildman–Crippen LogP) is 2.70. The van der Waals surface area contributed by atoms with Crippen LogP contribution in [0.2, 0.25) is 0 Å². The predicted molar refractivity (Wildman–Crippen MR) is 75.9 cm³/mol. The van der Waals surface area contributed by atoms with Crippen LogP contribution in [0.3, 0.4) is 0 Å². The van der Waals surface area contributed by atoms with Crippen molar-refractivity contribution in [2.24, 2.45) is 0 Å². The van der Waals surface area contributed by atoms with Gasteiger partial charge in [0.15, 0.2) is 0 Å². The summed E-state index contributed by atoms with van der Waals surface area (Å²) in [6, 6.07) is 0.578. The van der Waals surface area contributed by atoms with Gasteiger partial charge in [0.1, 0.15) is 0 Å². The van der Waals surface area contributed by atoms with Crippen molar-refractivity contribution in [2.75, 3.05) is 6.54 Å². The second-order valence-electron chi connectivity index (χ2n) is 4.94. The molecule has 1 saturated carbocycles. The number of hydrogen-bond acceptors (Lipinski definition) is 4. The van der Waals surface area contributed by atoms with E-state index in [2.05, 4.69) is 22.2 Å². The van der Waals surface area contributed by atoms with Crippen LogP contribution in [0.25, 0.3) is 0 Å². The molecule has 18 heavy (non-hydrogen) atoms. The standard InChI is InChI=1S/C13H18N2OS2/c1-2-12-14-9(8-18-12)7-17-11-5-6-15(13(11)16)10-3-4-10/h8,10-11H,2-7H2,1H3/t11-/m0/s1. The van der Waals surface area contributed by atoms with Crippen LogP contribution < -0.4 is 0 Å². The first-order chi connectivity index (χ1) is 8.78. The van der Waals surface area contributed by atoms with E-state index in [9.17, 15) is 4.79 Å². The molecule has 0 spiro atoms. The van der Waals surface area contributed by atoms with E-state index in [0.717, 1.165) is 30.8 Å². The fourth-order valence-corrected chi connectivity index (χ4v) is 4.26. The molecule has 0 N–H and O–H groups in total. The van der Waals surface area contributed by atoms with Crippen LogP contribution >= 0.6 is 23.1 Å².